The minimum atomic E-state index is -3.81. The van der Waals surface area contributed by atoms with Crippen LogP contribution in [0.4, 0.5) is 5.69 Å². The summed E-state index contributed by atoms with van der Waals surface area (Å²) in [6.45, 7) is 3.60. The van der Waals surface area contributed by atoms with Crippen molar-refractivity contribution in [3.63, 3.8) is 0 Å². The zero-order valence-electron chi connectivity index (χ0n) is 16.4. The van der Waals surface area contributed by atoms with Crippen LogP contribution in [0.15, 0.2) is 60.0 Å². The van der Waals surface area contributed by atoms with Gasteiger partial charge in [0.1, 0.15) is 4.90 Å². The van der Waals surface area contributed by atoms with Crippen molar-refractivity contribution in [1.29, 1.82) is 0 Å². The van der Waals surface area contributed by atoms with Crippen LogP contribution in [0, 0.1) is 0 Å². The third-order valence-electron chi connectivity index (χ3n) is 3.97. The summed E-state index contributed by atoms with van der Waals surface area (Å²) in [5, 5.41) is 2.65. The number of nitrogens with zero attached hydrogens (tertiary/aromatic N) is 1. The minimum absolute atomic E-state index is 0.0101. The molecule has 2 aromatic carbocycles. The second kappa shape index (κ2) is 9.71. The quantitative estimate of drug-likeness (QED) is 0.545. The fourth-order valence-electron chi connectivity index (χ4n) is 2.38. The van der Waals surface area contributed by atoms with E-state index < -0.39 is 26.0 Å². The van der Waals surface area contributed by atoms with E-state index in [9.17, 15) is 21.6 Å². The van der Waals surface area contributed by atoms with Gasteiger partial charge < -0.3 is 5.32 Å². The molecule has 0 spiro atoms. The van der Waals surface area contributed by atoms with Gasteiger partial charge in [-0.3, -0.25) is 4.79 Å². The molecule has 1 amide bonds. The number of hydrogen-bond donors (Lipinski definition) is 2. The number of rotatable bonds is 9. The minimum Gasteiger partial charge on any atom is -0.322 e. The summed E-state index contributed by atoms with van der Waals surface area (Å²) < 4.78 is 51.9. The van der Waals surface area contributed by atoms with Crippen LogP contribution in [-0.2, 0) is 25.8 Å². The summed E-state index contributed by atoms with van der Waals surface area (Å²) >= 11 is 5.99. The lowest BCUT2D eigenvalue weighted by molar-refractivity contribution is 0.102. The van der Waals surface area contributed by atoms with E-state index >= 15 is 0 Å². The fraction of sp³-hybridized carbons (Fsp3) is 0.211. The largest absolute Gasteiger partial charge is 0.322 e. The SMILES string of the molecule is C=CCNS(=O)(=O)Cc1ccc(NC(=O)c2ccc(Cl)c(S(=O)(=O)N(C)C)c2)cc1. The number of sulfonamides is 2. The molecule has 2 aromatic rings. The third-order valence-corrected chi connectivity index (χ3v) is 7.58. The van der Waals surface area contributed by atoms with Crippen LogP contribution in [-0.4, -0.2) is 47.7 Å². The Kier molecular flexibility index (Phi) is 7.78. The number of nitrogens with one attached hydrogen (secondary N) is 2. The highest BCUT2D eigenvalue weighted by Gasteiger charge is 2.22. The van der Waals surface area contributed by atoms with Crippen molar-refractivity contribution in [2.45, 2.75) is 10.6 Å². The van der Waals surface area contributed by atoms with Gasteiger partial charge in [0.25, 0.3) is 5.91 Å². The number of halogens is 1. The Bertz CT molecular complexity index is 1150. The Morgan fingerprint density at radius 3 is 2.30 bits per heavy atom. The Morgan fingerprint density at radius 1 is 1.10 bits per heavy atom. The average molecular weight is 472 g/mol. The molecular formula is C19H22ClN3O5S2. The molecule has 0 aliphatic rings. The van der Waals surface area contributed by atoms with E-state index in [-0.39, 0.29) is 27.8 Å². The maximum Gasteiger partial charge on any atom is 0.255 e. The van der Waals surface area contributed by atoms with E-state index in [2.05, 4.69) is 16.6 Å². The highest BCUT2D eigenvalue weighted by Crippen LogP contribution is 2.25. The van der Waals surface area contributed by atoms with Crippen LogP contribution in [0.3, 0.4) is 0 Å². The lowest BCUT2D eigenvalue weighted by Crippen LogP contribution is -2.25. The normalized spacial score (nSPS) is 12.0. The Morgan fingerprint density at radius 2 is 1.73 bits per heavy atom. The molecule has 0 bridgehead atoms. The Labute approximate surface area is 181 Å². The summed E-state index contributed by atoms with van der Waals surface area (Å²) in [5.74, 6) is -0.743. The van der Waals surface area contributed by atoms with Crippen LogP contribution in [0.5, 0.6) is 0 Å². The third kappa shape index (κ3) is 6.13. The Balaban J connectivity index is 2.16. The van der Waals surface area contributed by atoms with Crippen LogP contribution in [0.25, 0.3) is 0 Å². The number of amides is 1. The van der Waals surface area contributed by atoms with Gasteiger partial charge in [0, 0.05) is 31.9 Å². The molecule has 0 saturated carbocycles. The van der Waals surface area contributed by atoms with E-state index in [0.717, 1.165) is 4.31 Å². The van der Waals surface area contributed by atoms with Gasteiger partial charge in [-0.15, -0.1) is 6.58 Å². The van der Waals surface area contributed by atoms with Gasteiger partial charge in [0.2, 0.25) is 20.0 Å². The number of carbonyl (C=O) groups is 1. The first-order chi connectivity index (χ1) is 14.0. The molecule has 0 aromatic heterocycles. The molecule has 0 radical (unpaired) electrons. The first-order valence-corrected chi connectivity index (χ1v) is 12.1. The molecule has 0 atom stereocenters. The number of hydrogen-bond acceptors (Lipinski definition) is 5. The van der Waals surface area contributed by atoms with Gasteiger partial charge in [-0.25, -0.2) is 25.9 Å². The molecule has 0 aliphatic carbocycles. The molecule has 2 rings (SSSR count). The first-order valence-electron chi connectivity index (χ1n) is 8.67. The number of anilines is 1. The molecular weight excluding hydrogens is 450 g/mol. The molecule has 0 fully saturated rings. The second-order valence-electron chi connectivity index (χ2n) is 6.48. The molecule has 2 N–H and O–H groups in total. The summed E-state index contributed by atoms with van der Waals surface area (Å²) in [6.07, 6.45) is 1.45. The molecule has 0 saturated heterocycles. The molecule has 8 nitrogen and oxygen atoms in total. The predicted octanol–water partition coefficient (Wildman–Crippen LogP) is 2.45. The number of carbonyl (C=O) groups excluding carboxylic acids is 1. The van der Waals surface area contributed by atoms with E-state index in [1.54, 1.807) is 24.3 Å². The van der Waals surface area contributed by atoms with Crippen molar-refractivity contribution in [3.05, 3.63) is 71.3 Å². The van der Waals surface area contributed by atoms with Crippen LogP contribution >= 0.6 is 11.6 Å². The Hall–Kier alpha value is -2.24. The highest BCUT2D eigenvalue weighted by atomic mass is 35.5. The van der Waals surface area contributed by atoms with Crippen molar-refractivity contribution >= 4 is 43.2 Å². The number of benzene rings is 2. The smallest absolute Gasteiger partial charge is 0.255 e. The van der Waals surface area contributed by atoms with Crippen molar-refractivity contribution < 1.29 is 21.6 Å². The molecule has 0 aliphatic heterocycles. The summed E-state index contributed by atoms with van der Waals surface area (Å²) in [6, 6.07) is 10.2. The standard InChI is InChI=1S/C19H22ClN3O5S2/c1-4-11-21-29(25,26)13-14-5-8-16(9-6-14)22-19(24)15-7-10-17(20)18(12-15)30(27,28)23(2)3/h4-10,12,21H,1,11,13H2,2-3H3,(H,22,24). The van der Waals surface area contributed by atoms with Gasteiger partial charge in [-0.1, -0.05) is 29.8 Å². The maximum atomic E-state index is 12.5. The fourth-order valence-corrected chi connectivity index (χ4v) is 4.88. The maximum absolute atomic E-state index is 12.5. The van der Waals surface area contributed by atoms with E-state index in [0.29, 0.717) is 11.3 Å². The second-order valence-corrected chi connectivity index (χ2v) is 10.8. The van der Waals surface area contributed by atoms with Gasteiger partial charge >= 0.3 is 0 Å². The van der Waals surface area contributed by atoms with Crippen molar-refractivity contribution in [3.8, 4) is 0 Å². The lowest BCUT2D eigenvalue weighted by Gasteiger charge is -2.14. The van der Waals surface area contributed by atoms with Crippen LogP contribution in [0.1, 0.15) is 15.9 Å². The van der Waals surface area contributed by atoms with Crippen molar-refractivity contribution in [2.75, 3.05) is 26.0 Å². The van der Waals surface area contributed by atoms with Gasteiger partial charge in [-0.05, 0) is 35.9 Å². The van der Waals surface area contributed by atoms with Crippen molar-refractivity contribution in [1.82, 2.24) is 9.03 Å². The molecule has 0 heterocycles. The van der Waals surface area contributed by atoms with E-state index in [4.69, 9.17) is 11.6 Å². The lowest BCUT2D eigenvalue weighted by atomic mass is 10.2. The van der Waals surface area contributed by atoms with Crippen LogP contribution < -0.4 is 10.0 Å². The summed E-state index contributed by atoms with van der Waals surface area (Å²) in [5.41, 5.74) is 1.07. The average Bonchev–Trinajstić information content (AvgIpc) is 2.67. The van der Waals surface area contributed by atoms with Crippen molar-refractivity contribution in [2.24, 2.45) is 0 Å². The summed E-state index contributed by atoms with van der Waals surface area (Å²) in [4.78, 5) is 12.4. The monoisotopic (exact) mass is 471 g/mol. The van der Waals surface area contributed by atoms with Gasteiger partial charge in [0.15, 0.2) is 0 Å². The predicted molar refractivity (Wildman–Crippen MR) is 118 cm³/mol. The first kappa shape index (κ1) is 24.0. The van der Waals surface area contributed by atoms with E-state index in [1.165, 1.54) is 38.4 Å². The van der Waals surface area contributed by atoms with E-state index in [1.807, 2.05) is 0 Å². The molecule has 11 heteroatoms. The zero-order chi connectivity index (χ0) is 22.5. The molecule has 162 valence electrons. The topological polar surface area (TPSA) is 113 Å². The van der Waals surface area contributed by atoms with Crippen LogP contribution in [0.2, 0.25) is 5.02 Å². The molecule has 0 unspecified atom stereocenters. The highest BCUT2D eigenvalue weighted by molar-refractivity contribution is 7.89. The van der Waals surface area contributed by atoms with Gasteiger partial charge in [0.05, 0.1) is 10.8 Å². The van der Waals surface area contributed by atoms with Gasteiger partial charge in [-0.2, -0.15) is 0 Å². The summed E-state index contributed by atoms with van der Waals surface area (Å²) in [7, 11) is -4.57. The zero-order valence-corrected chi connectivity index (χ0v) is 18.8. The molecule has 30 heavy (non-hydrogen) atoms.